The molecule has 1 nitrogen and oxygen atoms in total. The van der Waals surface area contributed by atoms with Crippen molar-refractivity contribution in [1.29, 1.82) is 5.26 Å². The van der Waals surface area contributed by atoms with E-state index in [0.717, 1.165) is 12.0 Å². The minimum atomic E-state index is 0.712. The van der Waals surface area contributed by atoms with Gasteiger partial charge in [-0.25, -0.2) is 0 Å². The van der Waals surface area contributed by atoms with Gasteiger partial charge in [-0.05, 0) is 24.1 Å². The Kier molecular flexibility index (Phi) is 3.10. The first-order valence-electron chi connectivity index (χ1n) is 4.03. The average molecular weight is 157 g/mol. The van der Waals surface area contributed by atoms with Gasteiger partial charge in [0.25, 0.3) is 0 Å². The topological polar surface area (TPSA) is 23.8 Å². The van der Waals surface area contributed by atoms with Gasteiger partial charge in [0.2, 0.25) is 0 Å². The number of allylic oxidation sites excluding steroid dienone is 1. The largest absolute Gasteiger partial charge is 0.192 e. The first-order valence-corrected chi connectivity index (χ1v) is 4.03. The average Bonchev–Trinajstić information content (AvgIpc) is 2.15. The Bertz CT molecular complexity index is 301. The molecule has 0 radical (unpaired) electrons. The maximum absolute atomic E-state index is 8.54. The van der Waals surface area contributed by atoms with E-state index in [-0.39, 0.29) is 0 Å². The third-order valence-electron chi connectivity index (χ3n) is 1.59. The fraction of sp³-hybridized carbons (Fsp3) is 0.182. The monoisotopic (exact) mass is 157 g/mol. The van der Waals surface area contributed by atoms with Crippen LogP contribution in [0.2, 0.25) is 0 Å². The van der Waals surface area contributed by atoms with Gasteiger partial charge >= 0.3 is 0 Å². The Hall–Kier alpha value is -1.55. The third-order valence-corrected chi connectivity index (χ3v) is 1.59. The van der Waals surface area contributed by atoms with Crippen molar-refractivity contribution in [1.82, 2.24) is 0 Å². The zero-order valence-corrected chi connectivity index (χ0v) is 7.12. The van der Waals surface area contributed by atoms with Gasteiger partial charge in [0.05, 0.1) is 11.6 Å². The fourth-order valence-corrected chi connectivity index (χ4v) is 0.923. The molecule has 1 aromatic carbocycles. The highest BCUT2D eigenvalue weighted by atomic mass is 14.2. The van der Waals surface area contributed by atoms with Crippen LogP contribution < -0.4 is 0 Å². The van der Waals surface area contributed by atoms with Crippen LogP contribution in [0.25, 0.3) is 6.08 Å². The lowest BCUT2D eigenvalue weighted by molar-refractivity contribution is 1.23. The second-order valence-electron chi connectivity index (χ2n) is 2.54. The Balaban J connectivity index is 2.80. The van der Waals surface area contributed by atoms with Crippen LogP contribution in [0.3, 0.4) is 0 Å². The zero-order valence-electron chi connectivity index (χ0n) is 7.12. The second kappa shape index (κ2) is 4.35. The lowest BCUT2D eigenvalue weighted by Gasteiger charge is -1.91. The summed E-state index contributed by atoms with van der Waals surface area (Å²) in [5, 5.41) is 8.54. The molecule has 1 rings (SSSR count). The molecule has 0 atom stereocenters. The van der Waals surface area contributed by atoms with E-state index in [1.165, 1.54) is 0 Å². The van der Waals surface area contributed by atoms with E-state index in [2.05, 4.69) is 25.1 Å². The normalized spacial score (nSPS) is 10.0. The molecule has 60 valence electrons. The van der Waals surface area contributed by atoms with Crippen LogP contribution in [0.1, 0.15) is 24.5 Å². The summed E-state index contributed by atoms with van der Waals surface area (Å²) in [4.78, 5) is 0. The molecule has 0 saturated carbocycles. The van der Waals surface area contributed by atoms with E-state index in [4.69, 9.17) is 5.26 Å². The summed E-state index contributed by atoms with van der Waals surface area (Å²) >= 11 is 0. The van der Waals surface area contributed by atoms with Gasteiger partial charge in [0.15, 0.2) is 0 Å². The van der Waals surface area contributed by atoms with Crippen LogP contribution in [0, 0.1) is 11.3 Å². The van der Waals surface area contributed by atoms with E-state index in [0.29, 0.717) is 5.56 Å². The lowest BCUT2D eigenvalue weighted by Crippen LogP contribution is -1.74. The van der Waals surface area contributed by atoms with Gasteiger partial charge in [-0.15, -0.1) is 0 Å². The van der Waals surface area contributed by atoms with Gasteiger partial charge in [0.1, 0.15) is 0 Å². The smallest absolute Gasteiger partial charge is 0.0991 e. The molecule has 1 aromatic rings. The number of nitriles is 1. The van der Waals surface area contributed by atoms with Crippen molar-refractivity contribution in [2.75, 3.05) is 0 Å². The first kappa shape index (κ1) is 8.55. The molecule has 0 aliphatic heterocycles. The summed E-state index contributed by atoms with van der Waals surface area (Å²) in [7, 11) is 0. The molecule has 0 heterocycles. The van der Waals surface area contributed by atoms with Crippen molar-refractivity contribution in [3.8, 4) is 6.07 Å². The predicted octanol–water partition coefficient (Wildman–Crippen LogP) is 2.98. The Morgan fingerprint density at radius 3 is 2.50 bits per heavy atom. The van der Waals surface area contributed by atoms with Crippen molar-refractivity contribution >= 4 is 6.08 Å². The molecule has 0 aliphatic carbocycles. The zero-order chi connectivity index (χ0) is 8.81. The second-order valence-corrected chi connectivity index (χ2v) is 2.54. The highest BCUT2D eigenvalue weighted by molar-refractivity contribution is 5.50. The molecule has 12 heavy (non-hydrogen) atoms. The molecule has 0 fully saturated rings. The maximum atomic E-state index is 8.54. The van der Waals surface area contributed by atoms with Gasteiger partial charge in [-0.1, -0.05) is 31.2 Å². The number of nitrogens with zero attached hydrogens (tertiary/aromatic N) is 1. The van der Waals surface area contributed by atoms with Crippen LogP contribution in [-0.2, 0) is 0 Å². The van der Waals surface area contributed by atoms with Gasteiger partial charge in [-0.2, -0.15) is 5.26 Å². The van der Waals surface area contributed by atoms with Crippen LogP contribution in [0.5, 0.6) is 0 Å². The van der Waals surface area contributed by atoms with Crippen LogP contribution in [-0.4, -0.2) is 0 Å². The Labute approximate surface area is 73.0 Å². The molecule has 0 N–H and O–H groups in total. The van der Waals surface area contributed by atoms with Crippen molar-refractivity contribution in [3.05, 3.63) is 41.5 Å². The Morgan fingerprint density at radius 2 is 2.00 bits per heavy atom. The highest BCUT2D eigenvalue weighted by Crippen LogP contribution is 2.05. The highest BCUT2D eigenvalue weighted by Gasteiger charge is 1.87. The minimum absolute atomic E-state index is 0.712. The van der Waals surface area contributed by atoms with Crippen molar-refractivity contribution in [2.24, 2.45) is 0 Å². The first-order chi connectivity index (χ1) is 5.86. The number of rotatable bonds is 2. The molecular formula is C11H11N. The molecule has 0 unspecified atom stereocenters. The van der Waals surface area contributed by atoms with Crippen LogP contribution >= 0.6 is 0 Å². The summed E-state index contributed by atoms with van der Waals surface area (Å²) in [5.41, 5.74) is 1.86. The lowest BCUT2D eigenvalue weighted by atomic mass is 10.1. The molecule has 1 heteroatoms. The number of benzene rings is 1. The van der Waals surface area contributed by atoms with Crippen LogP contribution in [0.15, 0.2) is 30.3 Å². The Morgan fingerprint density at radius 1 is 1.33 bits per heavy atom. The molecule has 0 amide bonds. The molecule has 0 bridgehead atoms. The van der Waals surface area contributed by atoms with Crippen molar-refractivity contribution in [3.63, 3.8) is 0 Å². The SMILES string of the molecule is CC/C=C/c1ccc(C#N)cc1. The van der Waals surface area contributed by atoms with Gasteiger partial charge < -0.3 is 0 Å². The van der Waals surface area contributed by atoms with Crippen LogP contribution in [0.4, 0.5) is 0 Å². The quantitative estimate of drug-likeness (QED) is 0.647. The summed E-state index contributed by atoms with van der Waals surface area (Å²) in [5.74, 6) is 0. The fourth-order valence-electron chi connectivity index (χ4n) is 0.923. The predicted molar refractivity (Wildman–Crippen MR) is 50.5 cm³/mol. The summed E-state index contributed by atoms with van der Waals surface area (Å²) in [6.45, 7) is 2.10. The molecule has 0 saturated heterocycles. The van der Waals surface area contributed by atoms with Gasteiger partial charge in [-0.3, -0.25) is 0 Å². The summed E-state index contributed by atoms with van der Waals surface area (Å²) in [6.07, 6.45) is 5.20. The molecule has 0 aliphatic rings. The summed E-state index contributed by atoms with van der Waals surface area (Å²) in [6, 6.07) is 9.64. The minimum Gasteiger partial charge on any atom is -0.192 e. The van der Waals surface area contributed by atoms with E-state index in [9.17, 15) is 0 Å². The van der Waals surface area contributed by atoms with Gasteiger partial charge in [0, 0.05) is 0 Å². The van der Waals surface area contributed by atoms with E-state index >= 15 is 0 Å². The maximum Gasteiger partial charge on any atom is 0.0991 e. The standard InChI is InChI=1S/C11H11N/c1-2-3-4-10-5-7-11(9-12)8-6-10/h3-8H,2H2,1H3/b4-3+. The van der Waals surface area contributed by atoms with Crippen molar-refractivity contribution in [2.45, 2.75) is 13.3 Å². The van der Waals surface area contributed by atoms with E-state index in [1.54, 1.807) is 0 Å². The number of hydrogen-bond acceptors (Lipinski definition) is 1. The van der Waals surface area contributed by atoms with E-state index < -0.39 is 0 Å². The van der Waals surface area contributed by atoms with E-state index in [1.807, 2.05) is 24.3 Å². The molecule has 0 spiro atoms. The molecule has 0 aromatic heterocycles. The number of hydrogen-bond donors (Lipinski definition) is 0. The molecular weight excluding hydrogens is 146 g/mol. The third kappa shape index (κ3) is 2.25. The van der Waals surface area contributed by atoms with Crippen molar-refractivity contribution < 1.29 is 0 Å². The summed E-state index contributed by atoms with van der Waals surface area (Å²) < 4.78 is 0.